The van der Waals surface area contributed by atoms with Gasteiger partial charge in [-0.1, -0.05) is 30.3 Å². The Labute approximate surface area is 202 Å². The van der Waals surface area contributed by atoms with Gasteiger partial charge in [0, 0.05) is 57.1 Å². The van der Waals surface area contributed by atoms with E-state index in [1.807, 2.05) is 23.1 Å². The SMILES string of the molecule is O=C1c2cc(NC3CN(CS(=O)O)C3)ccc2CCN1C[C@@H](O)CN1CCc2ccccc2C1. The van der Waals surface area contributed by atoms with Crippen molar-refractivity contribution in [3.05, 3.63) is 64.7 Å². The molecule has 0 bridgehead atoms. The Hall–Kier alpha value is -2.30. The molecule has 9 heteroatoms. The van der Waals surface area contributed by atoms with E-state index in [1.165, 1.54) is 11.1 Å². The molecule has 3 N–H and O–H groups in total. The molecule has 5 rings (SSSR count). The molecule has 0 saturated carbocycles. The van der Waals surface area contributed by atoms with Gasteiger partial charge < -0.3 is 19.9 Å². The minimum Gasteiger partial charge on any atom is -0.390 e. The number of benzene rings is 2. The van der Waals surface area contributed by atoms with Crippen molar-refractivity contribution < 1.29 is 18.7 Å². The lowest BCUT2D eigenvalue weighted by Crippen LogP contribution is -2.55. The minimum atomic E-state index is -1.81. The van der Waals surface area contributed by atoms with Crippen LogP contribution in [0.3, 0.4) is 0 Å². The van der Waals surface area contributed by atoms with Gasteiger partial charge in [-0.25, -0.2) is 4.21 Å². The first-order valence-corrected chi connectivity index (χ1v) is 13.2. The smallest absolute Gasteiger partial charge is 0.254 e. The van der Waals surface area contributed by atoms with E-state index in [-0.39, 0.29) is 17.8 Å². The normalized spacial score (nSPS) is 20.9. The van der Waals surface area contributed by atoms with Gasteiger partial charge in [-0.2, -0.15) is 0 Å². The summed E-state index contributed by atoms with van der Waals surface area (Å²) in [6, 6.07) is 14.6. The minimum absolute atomic E-state index is 0.0288. The van der Waals surface area contributed by atoms with Gasteiger partial charge in [-0.15, -0.1) is 0 Å². The number of nitrogens with one attached hydrogen (secondary N) is 1. The fourth-order valence-electron chi connectivity index (χ4n) is 5.26. The van der Waals surface area contributed by atoms with Crippen LogP contribution >= 0.6 is 0 Å². The van der Waals surface area contributed by atoms with Crippen LogP contribution in [0.5, 0.6) is 0 Å². The number of fused-ring (bicyclic) bond motifs is 2. The van der Waals surface area contributed by atoms with Crippen LogP contribution < -0.4 is 5.32 Å². The van der Waals surface area contributed by atoms with Gasteiger partial charge in [-0.3, -0.25) is 14.6 Å². The molecular weight excluding hydrogens is 452 g/mol. The molecule has 3 aliphatic heterocycles. The van der Waals surface area contributed by atoms with Crippen molar-refractivity contribution in [2.75, 3.05) is 50.5 Å². The predicted molar refractivity (Wildman–Crippen MR) is 132 cm³/mol. The molecule has 2 aromatic carbocycles. The average Bonchev–Trinajstić information content (AvgIpc) is 2.79. The Balaban J connectivity index is 1.15. The van der Waals surface area contributed by atoms with Crippen LogP contribution in [0.4, 0.5) is 5.69 Å². The molecule has 1 amide bonds. The molecule has 2 atom stereocenters. The number of anilines is 1. The first-order chi connectivity index (χ1) is 16.4. The van der Waals surface area contributed by atoms with Crippen molar-refractivity contribution in [2.24, 2.45) is 0 Å². The Morgan fingerprint density at radius 2 is 1.76 bits per heavy atom. The summed E-state index contributed by atoms with van der Waals surface area (Å²) in [5, 5.41) is 14.2. The van der Waals surface area contributed by atoms with Gasteiger partial charge >= 0.3 is 0 Å². The third-order valence-electron chi connectivity index (χ3n) is 7.01. The number of β-amino-alcohol motifs (C(OH)–C–C–N with tert-alkyl or cyclic N) is 1. The monoisotopic (exact) mass is 484 g/mol. The molecule has 2 aromatic rings. The van der Waals surface area contributed by atoms with E-state index in [9.17, 15) is 14.1 Å². The largest absolute Gasteiger partial charge is 0.390 e. The number of carbonyl (C=O) groups excluding carboxylic acids is 1. The van der Waals surface area contributed by atoms with Gasteiger partial charge in [0.15, 0.2) is 11.1 Å². The number of rotatable bonds is 8. The second kappa shape index (κ2) is 10.1. The Bertz CT molecular complexity index is 1070. The van der Waals surface area contributed by atoms with E-state index in [1.54, 1.807) is 4.90 Å². The number of hydrogen-bond acceptors (Lipinski definition) is 6. The molecule has 0 aliphatic carbocycles. The Morgan fingerprint density at radius 3 is 2.56 bits per heavy atom. The van der Waals surface area contributed by atoms with Gasteiger partial charge in [-0.05, 0) is 41.7 Å². The average molecular weight is 485 g/mol. The lowest BCUT2D eigenvalue weighted by molar-refractivity contribution is 0.0493. The molecule has 1 saturated heterocycles. The van der Waals surface area contributed by atoms with Crippen LogP contribution in [-0.4, -0.2) is 91.8 Å². The van der Waals surface area contributed by atoms with E-state index < -0.39 is 17.2 Å². The summed E-state index contributed by atoms with van der Waals surface area (Å²) in [6.07, 6.45) is 1.19. The summed E-state index contributed by atoms with van der Waals surface area (Å²) in [4.78, 5) is 19.2. The van der Waals surface area contributed by atoms with Crippen LogP contribution in [0.1, 0.15) is 27.0 Å². The molecule has 3 heterocycles. The highest BCUT2D eigenvalue weighted by molar-refractivity contribution is 7.79. The first-order valence-electron chi connectivity index (χ1n) is 11.9. The lowest BCUT2D eigenvalue weighted by Gasteiger charge is -2.39. The summed E-state index contributed by atoms with van der Waals surface area (Å²) >= 11 is -1.81. The van der Waals surface area contributed by atoms with Crippen LogP contribution in [0.2, 0.25) is 0 Å². The molecule has 0 spiro atoms. The fourth-order valence-corrected chi connectivity index (χ4v) is 5.79. The van der Waals surface area contributed by atoms with Gasteiger partial charge in [0.05, 0.1) is 12.1 Å². The number of carbonyl (C=O) groups is 1. The third kappa shape index (κ3) is 5.34. The molecule has 182 valence electrons. The number of aliphatic hydroxyl groups excluding tert-OH is 1. The molecule has 8 nitrogen and oxygen atoms in total. The third-order valence-corrected chi connectivity index (χ3v) is 7.60. The van der Waals surface area contributed by atoms with Gasteiger partial charge in [0.1, 0.15) is 5.88 Å². The zero-order chi connectivity index (χ0) is 23.7. The zero-order valence-electron chi connectivity index (χ0n) is 19.2. The maximum Gasteiger partial charge on any atom is 0.254 e. The highest BCUT2D eigenvalue weighted by Crippen LogP contribution is 2.25. The molecule has 0 radical (unpaired) electrons. The van der Waals surface area contributed by atoms with Crippen molar-refractivity contribution in [3.63, 3.8) is 0 Å². The van der Waals surface area contributed by atoms with E-state index in [4.69, 9.17) is 4.55 Å². The number of amides is 1. The summed E-state index contributed by atoms with van der Waals surface area (Å²) in [5.41, 5.74) is 5.33. The maximum absolute atomic E-state index is 13.2. The molecular formula is C25H32N4O4S. The summed E-state index contributed by atoms with van der Waals surface area (Å²) in [5.74, 6) is 0.140. The highest BCUT2D eigenvalue weighted by atomic mass is 32.2. The molecule has 1 unspecified atom stereocenters. The quantitative estimate of drug-likeness (QED) is 0.487. The first kappa shape index (κ1) is 23.4. The van der Waals surface area contributed by atoms with Crippen LogP contribution in [0, 0.1) is 0 Å². The number of nitrogens with zero attached hydrogens (tertiary/aromatic N) is 3. The second-order valence-electron chi connectivity index (χ2n) is 9.61. The van der Waals surface area contributed by atoms with Crippen LogP contribution in [-0.2, 0) is 30.5 Å². The van der Waals surface area contributed by atoms with Crippen LogP contribution in [0.15, 0.2) is 42.5 Å². The standard InChI is InChI=1S/C25H32N4O4S/c30-23(15-27-9-7-18-3-1-2-4-20(18)12-27)16-29-10-8-19-5-6-21(11-24(19)25(29)31)26-22-13-28(14-22)17-34(32)33/h1-6,11,22-23,26,30H,7-10,12-17H2,(H,32,33)/t23-/m0/s1. The predicted octanol–water partition coefficient (Wildman–Crippen LogP) is 1.38. The fraction of sp³-hybridized carbons (Fsp3) is 0.480. The van der Waals surface area contributed by atoms with Crippen LogP contribution in [0.25, 0.3) is 0 Å². The number of likely N-dealkylation sites (tertiary alicyclic amines) is 1. The van der Waals surface area contributed by atoms with Crippen molar-refractivity contribution >= 4 is 22.7 Å². The summed E-state index contributed by atoms with van der Waals surface area (Å²) in [7, 11) is 0. The number of aliphatic hydroxyl groups is 1. The van der Waals surface area contributed by atoms with Gasteiger partial charge in [0.25, 0.3) is 5.91 Å². The van der Waals surface area contributed by atoms with Crippen molar-refractivity contribution in [3.8, 4) is 0 Å². The zero-order valence-corrected chi connectivity index (χ0v) is 20.0. The Morgan fingerprint density at radius 1 is 1.00 bits per heavy atom. The molecule has 1 fully saturated rings. The molecule has 0 aromatic heterocycles. The number of hydrogen-bond donors (Lipinski definition) is 3. The van der Waals surface area contributed by atoms with E-state index in [2.05, 4.69) is 34.5 Å². The lowest BCUT2D eigenvalue weighted by atomic mass is 9.97. The topological polar surface area (TPSA) is 96.3 Å². The van der Waals surface area contributed by atoms with E-state index in [0.29, 0.717) is 38.3 Å². The molecule has 34 heavy (non-hydrogen) atoms. The Kier molecular flexibility index (Phi) is 6.99. The summed E-state index contributed by atoms with van der Waals surface area (Å²) in [6.45, 7) is 4.69. The molecule has 3 aliphatic rings. The second-order valence-corrected chi connectivity index (χ2v) is 10.5. The summed E-state index contributed by atoms with van der Waals surface area (Å²) < 4.78 is 19.9. The van der Waals surface area contributed by atoms with E-state index >= 15 is 0 Å². The highest BCUT2D eigenvalue weighted by Gasteiger charge is 2.30. The van der Waals surface area contributed by atoms with Crippen molar-refractivity contribution in [1.29, 1.82) is 0 Å². The van der Waals surface area contributed by atoms with Gasteiger partial charge in [0.2, 0.25) is 0 Å². The van der Waals surface area contributed by atoms with E-state index in [0.717, 1.165) is 37.2 Å². The van der Waals surface area contributed by atoms with Crippen molar-refractivity contribution in [2.45, 2.75) is 31.5 Å². The van der Waals surface area contributed by atoms with Crippen molar-refractivity contribution in [1.82, 2.24) is 14.7 Å². The maximum atomic E-state index is 13.2.